The minimum Gasteiger partial charge on any atom is -0.369 e. The van der Waals surface area contributed by atoms with Crippen LogP contribution < -0.4 is 11.1 Å². The number of primary amides is 1. The lowest BCUT2D eigenvalue weighted by atomic mass is 9.93. The molecule has 2 unspecified atom stereocenters. The number of nitrogens with two attached hydrogens (primary N) is 1. The van der Waals surface area contributed by atoms with E-state index in [2.05, 4.69) is 5.32 Å². The van der Waals surface area contributed by atoms with E-state index in [1.807, 2.05) is 6.92 Å². The molecule has 0 radical (unpaired) electrons. The van der Waals surface area contributed by atoms with Gasteiger partial charge in [-0.2, -0.15) is 5.26 Å². The summed E-state index contributed by atoms with van der Waals surface area (Å²) in [6.45, 7) is 1.76. The Balaban J connectivity index is 2.67. The van der Waals surface area contributed by atoms with Crippen LogP contribution in [0, 0.1) is 17.2 Å². The van der Waals surface area contributed by atoms with Gasteiger partial charge in [-0.1, -0.05) is 0 Å². The van der Waals surface area contributed by atoms with Crippen molar-refractivity contribution in [2.45, 2.75) is 25.8 Å². The van der Waals surface area contributed by atoms with E-state index in [0.29, 0.717) is 12.8 Å². The molecule has 3 N–H and O–H groups in total. The second kappa shape index (κ2) is 6.00. The van der Waals surface area contributed by atoms with Gasteiger partial charge in [0.1, 0.15) is 6.54 Å². The largest absolute Gasteiger partial charge is 0.369 e. The average molecular weight is 252 g/mol. The number of carbonyl (C=O) groups is 3. The molecule has 0 aromatic heterocycles. The second-order valence-electron chi connectivity index (χ2n) is 4.32. The number of nitriles is 1. The van der Waals surface area contributed by atoms with Crippen LogP contribution in [0.1, 0.15) is 19.8 Å². The maximum atomic E-state index is 11.8. The lowest BCUT2D eigenvalue weighted by Crippen LogP contribution is -2.53. The predicted molar refractivity (Wildman–Crippen MR) is 61.7 cm³/mol. The van der Waals surface area contributed by atoms with E-state index in [9.17, 15) is 14.4 Å². The molecule has 1 fully saturated rings. The van der Waals surface area contributed by atoms with Crippen LogP contribution in [0.25, 0.3) is 0 Å². The van der Waals surface area contributed by atoms with E-state index in [1.54, 1.807) is 6.07 Å². The first-order valence-electron chi connectivity index (χ1n) is 5.72. The lowest BCUT2D eigenvalue weighted by Gasteiger charge is -2.36. The first kappa shape index (κ1) is 14.0. The molecule has 0 aromatic carbocycles. The minimum atomic E-state index is -0.825. The van der Waals surface area contributed by atoms with E-state index < -0.39 is 23.6 Å². The van der Waals surface area contributed by atoms with Gasteiger partial charge in [0.2, 0.25) is 5.91 Å². The fourth-order valence-corrected chi connectivity index (χ4v) is 1.95. The van der Waals surface area contributed by atoms with Crippen LogP contribution in [0.5, 0.6) is 0 Å². The molecular weight excluding hydrogens is 236 g/mol. The average Bonchev–Trinajstić information content (AvgIpc) is 2.35. The third-order valence-electron chi connectivity index (χ3n) is 3.07. The summed E-state index contributed by atoms with van der Waals surface area (Å²) in [7, 11) is 0. The molecule has 3 amide bonds. The molecule has 0 aromatic rings. The smallest absolute Gasteiger partial charge is 0.312 e. The van der Waals surface area contributed by atoms with Gasteiger partial charge in [0.05, 0.1) is 12.0 Å². The highest BCUT2D eigenvalue weighted by Crippen LogP contribution is 2.21. The number of amides is 3. The Morgan fingerprint density at radius 2 is 2.11 bits per heavy atom. The maximum absolute atomic E-state index is 11.8. The molecule has 0 saturated carbocycles. The second-order valence-corrected chi connectivity index (χ2v) is 4.32. The quantitative estimate of drug-likeness (QED) is 0.471. The van der Waals surface area contributed by atoms with Crippen molar-refractivity contribution in [1.29, 1.82) is 5.26 Å². The van der Waals surface area contributed by atoms with Gasteiger partial charge in [-0.25, -0.2) is 0 Å². The Kier molecular flexibility index (Phi) is 4.66. The zero-order valence-electron chi connectivity index (χ0n) is 10.2. The van der Waals surface area contributed by atoms with Crippen LogP contribution in [-0.4, -0.2) is 41.8 Å². The zero-order valence-corrected chi connectivity index (χ0v) is 10.2. The summed E-state index contributed by atoms with van der Waals surface area (Å²) in [6, 6.07) is 1.61. The summed E-state index contributed by atoms with van der Waals surface area (Å²) in [4.78, 5) is 35.7. The third kappa shape index (κ3) is 3.20. The molecule has 1 heterocycles. The maximum Gasteiger partial charge on any atom is 0.312 e. The highest BCUT2D eigenvalue weighted by atomic mass is 16.2. The number of nitrogens with zero attached hydrogens (tertiary/aromatic N) is 2. The van der Waals surface area contributed by atoms with Crippen molar-refractivity contribution in [2.24, 2.45) is 11.7 Å². The number of likely N-dealkylation sites (tertiary alicyclic amines) is 1. The van der Waals surface area contributed by atoms with Crippen molar-refractivity contribution in [3.8, 4) is 6.07 Å². The van der Waals surface area contributed by atoms with Gasteiger partial charge >= 0.3 is 11.8 Å². The summed E-state index contributed by atoms with van der Waals surface area (Å²) >= 11 is 0. The molecule has 0 aliphatic carbocycles. The van der Waals surface area contributed by atoms with Crippen LogP contribution in [0.15, 0.2) is 0 Å². The zero-order chi connectivity index (χ0) is 13.7. The van der Waals surface area contributed by atoms with Crippen LogP contribution in [-0.2, 0) is 14.4 Å². The number of rotatable bonds is 2. The fraction of sp³-hybridized carbons (Fsp3) is 0.636. The van der Waals surface area contributed by atoms with E-state index >= 15 is 0 Å². The van der Waals surface area contributed by atoms with E-state index in [4.69, 9.17) is 11.0 Å². The van der Waals surface area contributed by atoms with Crippen molar-refractivity contribution in [1.82, 2.24) is 10.2 Å². The summed E-state index contributed by atoms with van der Waals surface area (Å²) in [5, 5.41) is 10.5. The van der Waals surface area contributed by atoms with Crippen molar-refractivity contribution < 1.29 is 14.4 Å². The number of hydrogen-bond donors (Lipinski definition) is 2. The molecule has 1 rings (SSSR count). The van der Waals surface area contributed by atoms with Crippen molar-refractivity contribution in [3.05, 3.63) is 0 Å². The van der Waals surface area contributed by atoms with Gasteiger partial charge in [0.25, 0.3) is 0 Å². The Labute approximate surface area is 105 Å². The summed E-state index contributed by atoms with van der Waals surface area (Å²) in [6.07, 6.45) is 1.25. The van der Waals surface area contributed by atoms with Crippen molar-refractivity contribution in [2.75, 3.05) is 13.1 Å². The van der Waals surface area contributed by atoms with Crippen molar-refractivity contribution >= 4 is 17.7 Å². The SMILES string of the molecule is CC1CCC(C(N)=O)CN1C(=O)C(=O)NCC#N. The molecule has 2 atom stereocenters. The minimum absolute atomic E-state index is 0.110. The molecular formula is C11H16N4O3. The molecule has 98 valence electrons. The highest BCUT2D eigenvalue weighted by molar-refractivity contribution is 6.35. The summed E-state index contributed by atoms with van der Waals surface area (Å²) in [5.41, 5.74) is 5.21. The van der Waals surface area contributed by atoms with E-state index in [0.717, 1.165) is 0 Å². The Bertz CT molecular complexity index is 402. The summed E-state index contributed by atoms with van der Waals surface area (Å²) in [5.74, 6) is -2.41. The number of piperidine rings is 1. The Morgan fingerprint density at radius 3 is 2.67 bits per heavy atom. The molecule has 7 nitrogen and oxygen atoms in total. The molecule has 1 aliphatic heterocycles. The first-order valence-corrected chi connectivity index (χ1v) is 5.72. The fourth-order valence-electron chi connectivity index (χ4n) is 1.95. The van der Waals surface area contributed by atoms with Crippen LogP contribution in [0.4, 0.5) is 0 Å². The Morgan fingerprint density at radius 1 is 1.44 bits per heavy atom. The van der Waals surface area contributed by atoms with Gasteiger partial charge < -0.3 is 16.0 Å². The lowest BCUT2D eigenvalue weighted by molar-refractivity contribution is -0.149. The Hall–Kier alpha value is -2.10. The molecule has 0 spiro atoms. The summed E-state index contributed by atoms with van der Waals surface area (Å²) < 4.78 is 0. The van der Waals surface area contributed by atoms with Gasteiger partial charge in [-0.15, -0.1) is 0 Å². The molecule has 0 bridgehead atoms. The van der Waals surface area contributed by atoms with Crippen molar-refractivity contribution in [3.63, 3.8) is 0 Å². The molecule has 1 aliphatic rings. The monoisotopic (exact) mass is 252 g/mol. The first-order chi connectivity index (χ1) is 8.47. The van der Waals surface area contributed by atoms with Gasteiger partial charge in [0, 0.05) is 12.6 Å². The van der Waals surface area contributed by atoms with Crippen LogP contribution in [0.3, 0.4) is 0 Å². The van der Waals surface area contributed by atoms with Crippen LogP contribution >= 0.6 is 0 Å². The standard InChI is InChI=1S/C11H16N4O3/c1-7-2-3-8(9(13)16)6-15(7)11(18)10(17)14-5-4-12/h7-8H,2-3,5-6H2,1H3,(H2,13,16)(H,14,17). The van der Waals surface area contributed by atoms with E-state index in [1.165, 1.54) is 4.90 Å². The third-order valence-corrected chi connectivity index (χ3v) is 3.07. The topological polar surface area (TPSA) is 116 Å². The van der Waals surface area contributed by atoms with Gasteiger partial charge in [0.15, 0.2) is 0 Å². The highest BCUT2D eigenvalue weighted by Gasteiger charge is 2.34. The normalized spacial score (nSPS) is 23.0. The molecule has 7 heteroatoms. The van der Waals surface area contributed by atoms with Crippen LogP contribution in [0.2, 0.25) is 0 Å². The number of carbonyl (C=O) groups excluding carboxylic acids is 3. The van der Waals surface area contributed by atoms with Gasteiger partial charge in [-0.3, -0.25) is 14.4 Å². The number of nitrogens with one attached hydrogen (secondary N) is 1. The molecule has 18 heavy (non-hydrogen) atoms. The van der Waals surface area contributed by atoms with E-state index in [-0.39, 0.29) is 19.1 Å². The predicted octanol–water partition coefficient (Wildman–Crippen LogP) is -1.26. The number of hydrogen-bond acceptors (Lipinski definition) is 4. The van der Waals surface area contributed by atoms with Gasteiger partial charge in [-0.05, 0) is 19.8 Å². The molecule has 1 saturated heterocycles.